The van der Waals surface area contributed by atoms with Crippen LogP contribution in [-0.4, -0.2) is 10.2 Å². The molecule has 0 amide bonds. The molecule has 0 aliphatic heterocycles. The van der Waals surface area contributed by atoms with Crippen molar-refractivity contribution in [2.75, 3.05) is 0 Å². The van der Waals surface area contributed by atoms with Crippen molar-refractivity contribution >= 4 is 6.08 Å². The van der Waals surface area contributed by atoms with Gasteiger partial charge < -0.3 is 10.2 Å². The maximum atomic E-state index is 9.21. The van der Waals surface area contributed by atoms with Crippen molar-refractivity contribution in [3.05, 3.63) is 29.8 Å². The van der Waals surface area contributed by atoms with Gasteiger partial charge in [-0.15, -0.1) is 0 Å². The quantitative estimate of drug-likeness (QED) is 0.643. The molecule has 0 heterocycles. The lowest BCUT2D eigenvalue weighted by Crippen LogP contribution is -1.74. The van der Waals surface area contributed by atoms with Gasteiger partial charge in [0.25, 0.3) is 0 Å². The first-order valence-corrected chi connectivity index (χ1v) is 3.39. The lowest BCUT2D eigenvalue weighted by molar-refractivity contribution is 0.448. The Balaban J connectivity index is 3.20. The molecule has 0 bridgehead atoms. The molecular weight excluding hydrogens is 140 g/mol. The first kappa shape index (κ1) is 7.66. The summed E-state index contributed by atoms with van der Waals surface area (Å²) in [4.78, 5) is 0. The molecule has 2 heteroatoms. The van der Waals surface area contributed by atoms with Gasteiger partial charge in [-0.2, -0.15) is 0 Å². The highest BCUT2D eigenvalue weighted by Gasteiger charge is 2.00. The highest BCUT2D eigenvalue weighted by atomic mass is 16.3. The minimum atomic E-state index is 0.100. The van der Waals surface area contributed by atoms with E-state index in [0.29, 0.717) is 5.56 Å². The molecule has 11 heavy (non-hydrogen) atoms. The summed E-state index contributed by atoms with van der Waals surface area (Å²) in [6, 6.07) is 4.67. The fraction of sp³-hybridized carbons (Fsp3) is 0.111. The van der Waals surface area contributed by atoms with Crippen LogP contribution < -0.4 is 0 Å². The van der Waals surface area contributed by atoms with Crippen molar-refractivity contribution in [3.63, 3.8) is 0 Å². The summed E-state index contributed by atoms with van der Waals surface area (Å²) in [7, 11) is 0. The Labute approximate surface area is 65.4 Å². The van der Waals surface area contributed by atoms with Gasteiger partial charge in [0.1, 0.15) is 11.5 Å². The van der Waals surface area contributed by atoms with Crippen LogP contribution in [0.4, 0.5) is 0 Å². The Morgan fingerprint density at radius 3 is 2.18 bits per heavy atom. The number of hydrogen-bond acceptors (Lipinski definition) is 2. The minimum Gasteiger partial charge on any atom is -0.507 e. The van der Waals surface area contributed by atoms with Crippen molar-refractivity contribution in [3.8, 4) is 11.5 Å². The molecule has 0 saturated heterocycles. The summed E-state index contributed by atoms with van der Waals surface area (Å²) in [6.07, 6.45) is 3.42. The van der Waals surface area contributed by atoms with Gasteiger partial charge in [0.15, 0.2) is 0 Å². The van der Waals surface area contributed by atoms with Crippen molar-refractivity contribution in [2.45, 2.75) is 6.92 Å². The number of allylic oxidation sites excluding steroid dienone is 1. The summed E-state index contributed by atoms with van der Waals surface area (Å²) in [5.41, 5.74) is 0.468. The van der Waals surface area contributed by atoms with Crippen molar-refractivity contribution in [2.24, 2.45) is 0 Å². The molecule has 1 aromatic rings. The SMILES string of the molecule is C/C=C\c1c(O)cccc1O. The Hall–Kier alpha value is -1.44. The van der Waals surface area contributed by atoms with E-state index in [1.54, 1.807) is 18.2 Å². The maximum Gasteiger partial charge on any atom is 0.126 e. The Morgan fingerprint density at radius 1 is 1.18 bits per heavy atom. The van der Waals surface area contributed by atoms with E-state index in [1.807, 2.05) is 6.92 Å². The molecule has 0 unspecified atom stereocenters. The lowest BCUT2D eigenvalue weighted by Gasteiger charge is -2.00. The van der Waals surface area contributed by atoms with Crippen LogP contribution in [-0.2, 0) is 0 Å². The van der Waals surface area contributed by atoms with Gasteiger partial charge in [0.2, 0.25) is 0 Å². The van der Waals surface area contributed by atoms with Crippen LogP contribution in [0.2, 0.25) is 0 Å². The Bertz CT molecular complexity index is 257. The largest absolute Gasteiger partial charge is 0.507 e. The number of rotatable bonds is 1. The average molecular weight is 150 g/mol. The summed E-state index contributed by atoms with van der Waals surface area (Å²) < 4.78 is 0. The first-order valence-electron chi connectivity index (χ1n) is 3.39. The smallest absolute Gasteiger partial charge is 0.126 e. The predicted octanol–water partition coefficient (Wildman–Crippen LogP) is 2.13. The molecular formula is C9H10O2. The standard InChI is InChI=1S/C9H10O2/c1-2-4-7-8(10)5-3-6-9(7)11/h2-6,10-11H,1H3/b4-2-. The van der Waals surface area contributed by atoms with E-state index < -0.39 is 0 Å². The molecule has 0 aromatic heterocycles. The number of hydrogen-bond donors (Lipinski definition) is 2. The lowest BCUT2D eigenvalue weighted by atomic mass is 10.1. The monoisotopic (exact) mass is 150 g/mol. The van der Waals surface area contributed by atoms with Crippen LogP contribution in [0.5, 0.6) is 11.5 Å². The average Bonchev–Trinajstić information content (AvgIpc) is 1.97. The maximum absolute atomic E-state index is 9.21. The van der Waals surface area contributed by atoms with E-state index in [4.69, 9.17) is 0 Å². The van der Waals surface area contributed by atoms with E-state index in [2.05, 4.69) is 0 Å². The molecule has 0 aliphatic rings. The fourth-order valence-electron chi connectivity index (χ4n) is 0.879. The molecule has 1 rings (SSSR count). The second-order valence-electron chi connectivity index (χ2n) is 2.21. The molecule has 0 saturated carbocycles. The minimum absolute atomic E-state index is 0.100. The molecule has 0 fully saturated rings. The van der Waals surface area contributed by atoms with E-state index >= 15 is 0 Å². The van der Waals surface area contributed by atoms with Gasteiger partial charge >= 0.3 is 0 Å². The van der Waals surface area contributed by atoms with Gasteiger partial charge in [-0.1, -0.05) is 18.2 Å². The van der Waals surface area contributed by atoms with Gasteiger partial charge in [-0.3, -0.25) is 0 Å². The highest BCUT2D eigenvalue weighted by Crippen LogP contribution is 2.27. The molecule has 2 nitrogen and oxygen atoms in total. The van der Waals surface area contributed by atoms with E-state index in [0.717, 1.165) is 0 Å². The summed E-state index contributed by atoms with van der Waals surface area (Å²) in [6.45, 7) is 1.83. The van der Waals surface area contributed by atoms with E-state index in [-0.39, 0.29) is 11.5 Å². The van der Waals surface area contributed by atoms with Gasteiger partial charge in [0.05, 0.1) is 5.56 Å². The zero-order valence-corrected chi connectivity index (χ0v) is 6.28. The second kappa shape index (κ2) is 3.10. The molecule has 0 atom stereocenters. The number of phenolic OH excluding ortho intramolecular Hbond substituents is 2. The summed E-state index contributed by atoms with van der Waals surface area (Å²) in [5, 5.41) is 18.4. The second-order valence-corrected chi connectivity index (χ2v) is 2.21. The fourth-order valence-corrected chi connectivity index (χ4v) is 0.879. The van der Waals surface area contributed by atoms with Crippen molar-refractivity contribution in [1.82, 2.24) is 0 Å². The third-order valence-corrected chi connectivity index (χ3v) is 1.39. The summed E-state index contributed by atoms with van der Waals surface area (Å²) >= 11 is 0. The van der Waals surface area contributed by atoms with Gasteiger partial charge in [-0.25, -0.2) is 0 Å². The van der Waals surface area contributed by atoms with Crippen LogP contribution in [0.15, 0.2) is 24.3 Å². The number of benzene rings is 1. The topological polar surface area (TPSA) is 40.5 Å². The molecule has 0 radical (unpaired) electrons. The third kappa shape index (κ3) is 1.52. The number of phenols is 2. The van der Waals surface area contributed by atoms with Crippen LogP contribution in [0.25, 0.3) is 6.08 Å². The zero-order valence-electron chi connectivity index (χ0n) is 6.28. The third-order valence-electron chi connectivity index (χ3n) is 1.39. The van der Waals surface area contributed by atoms with Crippen LogP contribution >= 0.6 is 0 Å². The Morgan fingerprint density at radius 2 is 1.73 bits per heavy atom. The molecule has 1 aromatic carbocycles. The predicted molar refractivity (Wildman–Crippen MR) is 44.5 cm³/mol. The van der Waals surface area contributed by atoms with Crippen LogP contribution in [0.1, 0.15) is 12.5 Å². The Kier molecular flexibility index (Phi) is 2.16. The van der Waals surface area contributed by atoms with Gasteiger partial charge in [0, 0.05) is 0 Å². The van der Waals surface area contributed by atoms with E-state index in [1.165, 1.54) is 12.1 Å². The number of aromatic hydroxyl groups is 2. The molecule has 0 aliphatic carbocycles. The zero-order chi connectivity index (χ0) is 8.27. The molecule has 58 valence electrons. The highest BCUT2D eigenvalue weighted by molar-refractivity contribution is 5.63. The van der Waals surface area contributed by atoms with Crippen LogP contribution in [0, 0.1) is 0 Å². The van der Waals surface area contributed by atoms with Crippen molar-refractivity contribution in [1.29, 1.82) is 0 Å². The molecule has 2 N–H and O–H groups in total. The normalized spacial score (nSPS) is 10.6. The summed E-state index contributed by atoms with van der Waals surface area (Å²) in [5.74, 6) is 0.200. The molecule has 0 spiro atoms. The first-order chi connectivity index (χ1) is 5.25. The van der Waals surface area contributed by atoms with Crippen LogP contribution in [0.3, 0.4) is 0 Å². The van der Waals surface area contributed by atoms with Crippen molar-refractivity contribution < 1.29 is 10.2 Å². The van der Waals surface area contributed by atoms with E-state index in [9.17, 15) is 10.2 Å². The van der Waals surface area contributed by atoms with Gasteiger partial charge in [-0.05, 0) is 19.1 Å².